The van der Waals surface area contributed by atoms with E-state index < -0.39 is 17.9 Å². The molecule has 0 aromatic heterocycles. The summed E-state index contributed by atoms with van der Waals surface area (Å²) in [5.74, 6) is -0.494. The van der Waals surface area contributed by atoms with Crippen molar-refractivity contribution in [3.8, 4) is 5.75 Å². The first-order chi connectivity index (χ1) is 14.5. The van der Waals surface area contributed by atoms with Crippen molar-refractivity contribution in [1.82, 2.24) is 10.6 Å². The van der Waals surface area contributed by atoms with Crippen LogP contribution in [-0.4, -0.2) is 48.0 Å². The van der Waals surface area contributed by atoms with Crippen LogP contribution in [0.2, 0.25) is 0 Å². The van der Waals surface area contributed by atoms with Crippen LogP contribution < -0.4 is 21.1 Å². The largest absolute Gasteiger partial charge is 0.492 e. The van der Waals surface area contributed by atoms with Crippen molar-refractivity contribution in [3.63, 3.8) is 0 Å². The van der Waals surface area contributed by atoms with Crippen LogP contribution in [0.3, 0.4) is 0 Å². The Morgan fingerprint density at radius 3 is 2.67 bits per heavy atom. The molecule has 0 saturated heterocycles. The fourth-order valence-electron chi connectivity index (χ4n) is 3.46. The minimum absolute atomic E-state index is 0.00650. The molecule has 0 spiro atoms. The number of carbonyl (C=O) groups is 2. The van der Waals surface area contributed by atoms with Gasteiger partial charge < -0.3 is 26.2 Å². The van der Waals surface area contributed by atoms with Crippen molar-refractivity contribution >= 4 is 24.5 Å². The first kappa shape index (κ1) is 22.1. The van der Waals surface area contributed by atoms with E-state index in [1.165, 1.54) is 0 Å². The van der Waals surface area contributed by atoms with E-state index in [-0.39, 0.29) is 18.5 Å². The van der Waals surface area contributed by atoms with Crippen LogP contribution in [0.1, 0.15) is 33.9 Å². The molecule has 2 aromatic rings. The molecule has 30 heavy (non-hydrogen) atoms. The average molecular weight is 430 g/mol. The van der Waals surface area contributed by atoms with Crippen LogP contribution in [-0.2, 0) is 11.2 Å². The molecule has 1 amide bonds. The number of benzene rings is 2. The molecule has 8 heteroatoms. The predicted molar refractivity (Wildman–Crippen MR) is 118 cm³/mol. The summed E-state index contributed by atoms with van der Waals surface area (Å²) < 4.78 is 5.80. The molecule has 1 unspecified atom stereocenters. The van der Waals surface area contributed by atoms with Crippen molar-refractivity contribution < 1.29 is 19.4 Å². The van der Waals surface area contributed by atoms with E-state index in [9.17, 15) is 14.7 Å². The number of amides is 1. The molecule has 5 N–H and O–H groups in total. The van der Waals surface area contributed by atoms with Gasteiger partial charge in [-0.3, -0.25) is 4.79 Å². The lowest BCUT2D eigenvalue weighted by atomic mass is 9.96. The van der Waals surface area contributed by atoms with Gasteiger partial charge in [-0.2, -0.15) is 12.6 Å². The Morgan fingerprint density at radius 2 is 1.97 bits per heavy atom. The maximum atomic E-state index is 12.9. The minimum Gasteiger partial charge on any atom is -0.492 e. The highest BCUT2D eigenvalue weighted by atomic mass is 32.1. The Morgan fingerprint density at radius 1 is 1.20 bits per heavy atom. The third-order valence-electron chi connectivity index (χ3n) is 5.07. The summed E-state index contributed by atoms with van der Waals surface area (Å²) in [6.07, 6.45) is 0.951. The zero-order valence-corrected chi connectivity index (χ0v) is 17.5. The van der Waals surface area contributed by atoms with Crippen LogP contribution in [0.5, 0.6) is 5.75 Å². The number of thiol groups is 1. The van der Waals surface area contributed by atoms with Gasteiger partial charge in [0.2, 0.25) is 0 Å². The standard InChI is InChI=1S/C22H27N3O4S/c23-15(13-30)12-24-18-9-10-29-20-16(18)7-4-8-17(20)21(26)25-19(22(27)28)11-14-5-2-1-3-6-14/h1-8,15,18-19,24,30H,9-13,23H2,(H,25,26)(H,27,28)/t15-,18?,19+/m1/s1. The van der Waals surface area contributed by atoms with E-state index in [1.54, 1.807) is 12.1 Å². The van der Waals surface area contributed by atoms with Gasteiger partial charge in [0.1, 0.15) is 11.8 Å². The lowest BCUT2D eigenvalue weighted by molar-refractivity contribution is -0.139. The van der Waals surface area contributed by atoms with Gasteiger partial charge in [0.25, 0.3) is 5.91 Å². The first-order valence-electron chi connectivity index (χ1n) is 9.92. The average Bonchev–Trinajstić information content (AvgIpc) is 2.77. The third-order valence-corrected chi connectivity index (χ3v) is 5.53. The Labute approximate surface area is 181 Å². The van der Waals surface area contributed by atoms with Gasteiger partial charge in [-0.05, 0) is 11.6 Å². The number of carbonyl (C=O) groups excluding carboxylic acids is 1. The highest BCUT2D eigenvalue weighted by Gasteiger charge is 2.28. The zero-order valence-electron chi connectivity index (χ0n) is 16.6. The second-order valence-corrected chi connectivity index (χ2v) is 7.68. The SMILES string of the molecule is N[C@@H](CS)CNC1CCOc2c(C(=O)N[C@@H](Cc3ccccc3)C(=O)O)cccc21. The van der Waals surface area contributed by atoms with E-state index in [1.807, 2.05) is 36.4 Å². The van der Waals surface area contributed by atoms with Crippen molar-refractivity contribution in [1.29, 1.82) is 0 Å². The minimum atomic E-state index is -1.08. The summed E-state index contributed by atoms with van der Waals surface area (Å²) in [6.45, 7) is 1.06. The number of rotatable bonds is 9. The van der Waals surface area contributed by atoms with Gasteiger partial charge >= 0.3 is 5.97 Å². The lowest BCUT2D eigenvalue weighted by Gasteiger charge is -2.29. The fraction of sp³-hybridized carbons (Fsp3) is 0.364. The number of fused-ring (bicyclic) bond motifs is 1. The van der Waals surface area contributed by atoms with Crippen LogP contribution in [0.25, 0.3) is 0 Å². The van der Waals surface area contributed by atoms with Crippen molar-refractivity contribution in [3.05, 3.63) is 65.2 Å². The van der Waals surface area contributed by atoms with Gasteiger partial charge in [-0.15, -0.1) is 0 Å². The topological polar surface area (TPSA) is 114 Å². The number of nitrogens with one attached hydrogen (secondary N) is 2. The smallest absolute Gasteiger partial charge is 0.326 e. The summed E-state index contributed by atoms with van der Waals surface area (Å²) in [7, 11) is 0. The highest BCUT2D eigenvalue weighted by Crippen LogP contribution is 2.35. The number of carboxylic acids is 1. The van der Waals surface area contributed by atoms with Gasteiger partial charge in [-0.25, -0.2) is 4.79 Å². The maximum absolute atomic E-state index is 12.9. The van der Waals surface area contributed by atoms with E-state index in [2.05, 4.69) is 23.3 Å². The van der Waals surface area contributed by atoms with Crippen molar-refractivity contribution in [2.75, 3.05) is 18.9 Å². The molecule has 0 saturated carbocycles. The van der Waals surface area contributed by atoms with Gasteiger partial charge in [-0.1, -0.05) is 42.5 Å². The molecule has 0 bridgehead atoms. The molecular weight excluding hydrogens is 402 g/mol. The summed E-state index contributed by atoms with van der Waals surface area (Å²) in [5.41, 5.74) is 7.98. The molecule has 1 aliphatic heterocycles. The number of aliphatic carboxylic acids is 1. The van der Waals surface area contributed by atoms with Gasteiger partial charge in [0.15, 0.2) is 0 Å². The molecule has 0 aliphatic carbocycles. The van der Waals surface area contributed by atoms with Gasteiger partial charge in [0, 0.05) is 42.8 Å². The maximum Gasteiger partial charge on any atom is 0.326 e. The number of para-hydroxylation sites is 1. The number of nitrogens with two attached hydrogens (primary N) is 1. The molecule has 3 atom stereocenters. The second-order valence-electron chi connectivity index (χ2n) is 7.32. The highest BCUT2D eigenvalue weighted by molar-refractivity contribution is 7.80. The quantitative estimate of drug-likeness (QED) is 0.388. The predicted octanol–water partition coefficient (Wildman–Crippen LogP) is 1.78. The molecule has 160 valence electrons. The van der Waals surface area contributed by atoms with E-state index >= 15 is 0 Å². The summed E-state index contributed by atoms with van der Waals surface area (Å²) in [4.78, 5) is 24.7. The van der Waals surface area contributed by atoms with Crippen molar-refractivity contribution in [2.24, 2.45) is 5.73 Å². The normalized spacial score (nSPS) is 17.3. The van der Waals surface area contributed by atoms with Crippen LogP contribution in [0.4, 0.5) is 0 Å². The molecule has 7 nitrogen and oxygen atoms in total. The molecule has 1 aliphatic rings. The third kappa shape index (κ3) is 5.53. The molecule has 0 radical (unpaired) electrons. The van der Waals surface area contributed by atoms with Crippen LogP contribution in [0, 0.1) is 0 Å². The first-order valence-corrected chi connectivity index (χ1v) is 10.6. The number of hydrogen-bond donors (Lipinski definition) is 5. The second kappa shape index (κ2) is 10.5. The zero-order chi connectivity index (χ0) is 21.5. The van der Waals surface area contributed by atoms with Crippen LogP contribution in [0.15, 0.2) is 48.5 Å². The summed E-state index contributed by atoms with van der Waals surface area (Å²) in [5, 5.41) is 15.6. The Kier molecular flexibility index (Phi) is 7.73. The fourth-order valence-corrected chi connectivity index (χ4v) is 3.59. The van der Waals surface area contributed by atoms with E-state index in [0.717, 1.165) is 17.5 Å². The van der Waals surface area contributed by atoms with E-state index in [0.29, 0.717) is 30.2 Å². The molecule has 1 heterocycles. The Balaban J connectivity index is 1.76. The van der Waals surface area contributed by atoms with Crippen molar-refractivity contribution in [2.45, 2.75) is 31.0 Å². The lowest BCUT2D eigenvalue weighted by Crippen LogP contribution is -2.43. The number of carboxylic acid groups (broad SMARTS) is 1. The monoisotopic (exact) mass is 429 g/mol. The Hall–Kier alpha value is -2.55. The number of ether oxygens (including phenoxy) is 1. The molecule has 2 aromatic carbocycles. The molecule has 0 fully saturated rings. The van der Waals surface area contributed by atoms with E-state index in [4.69, 9.17) is 10.5 Å². The number of hydrogen-bond acceptors (Lipinski definition) is 6. The van der Waals surface area contributed by atoms with Crippen LogP contribution >= 0.6 is 12.6 Å². The molecular formula is C22H27N3O4S. The Bertz CT molecular complexity index is 878. The summed E-state index contributed by atoms with van der Waals surface area (Å²) >= 11 is 4.21. The summed E-state index contributed by atoms with van der Waals surface area (Å²) in [6, 6.07) is 13.4. The molecule has 3 rings (SSSR count). The van der Waals surface area contributed by atoms with Gasteiger partial charge in [0.05, 0.1) is 12.2 Å².